The Bertz CT molecular complexity index is 4090. The molecule has 4 aliphatic rings. The number of benzene rings is 11. The predicted molar refractivity (Wildman–Crippen MR) is 280 cm³/mol. The third-order valence-electron chi connectivity index (χ3n) is 16.2. The quantitative estimate of drug-likeness (QED) is 0.172. The van der Waals surface area contributed by atoms with Crippen LogP contribution in [0.1, 0.15) is 44.5 Å². The first-order valence-corrected chi connectivity index (χ1v) is 23.9. The summed E-state index contributed by atoms with van der Waals surface area (Å²) in [5.41, 5.74) is 24.8. The molecule has 1 aromatic heterocycles. The molecule has 0 radical (unpaired) electrons. The molecule has 0 unspecified atom stereocenters. The molecule has 12 aromatic rings. The molecule has 2 nitrogen and oxygen atoms in total. The Labute approximate surface area is 394 Å². The van der Waals surface area contributed by atoms with Gasteiger partial charge in [-0.05, 0) is 114 Å². The van der Waals surface area contributed by atoms with E-state index in [1.54, 1.807) is 0 Å². The van der Waals surface area contributed by atoms with Crippen molar-refractivity contribution in [2.75, 3.05) is 4.90 Å². The van der Waals surface area contributed by atoms with Gasteiger partial charge in [-0.3, -0.25) is 0 Å². The number of rotatable bonds is 3. The lowest BCUT2D eigenvalue weighted by atomic mass is 9.65. The van der Waals surface area contributed by atoms with Crippen molar-refractivity contribution >= 4 is 49.6 Å². The number of hydrogen-bond donors (Lipinski definition) is 0. The van der Waals surface area contributed by atoms with Gasteiger partial charge in [-0.25, -0.2) is 0 Å². The van der Waals surface area contributed by atoms with Crippen LogP contribution in [0.15, 0.2) is 243 Å². The van der Waals surface area contributed by atoms with Crippen LogP contribution in [0, 0.1) is 0 Å². The van der Waals surface area contributed by atoms with E-state index in [9.17, 15) is 0 Å². The Morgan fingerprint density at radius 1 is 0.309 bits per heavy atom. The Balaban J connectivity index is 1.00. The highest BCUT2D eigenvalue weighted by molar-refractivity contribution is 6.15. The van der Waals surface area contributed by atoms with Gasteiger partial charge in [0.15, 0.2) is 0 Å². The van der Waals surface area contributed by atoms with Crippen molar-refractivity contribution in [1.82, 2.24) is 4.57 Å². The summed E-state index contributed by atoms with van der Waals surface area (Å²) in [6.45, 7) is 0. The summed E-state index contributed by atoms with van der Waals surface area (Å²) in [5, 5.41) is 4.92. The number of anilines is 3. The smallest absolute Gasteiger partial charge is 0.0754 e. The van der Waals surface area contributed by atoms with Crippen LogP contribution in [0.5, 0.6) is 0 Å². The number of hydrogen-bond acceptors (Lipinski definition) is 1. The van der Waals surface area contributed by atoms with Gasteiger partial charge in [0, 0.05) is 27.4 Å². The fourth-order valence-electron chi connectivity index (χ4n) is 13.8. The minimum Gasteiger partial charge on any atom is -0.309 e. The highest BCUT2D eigenvalue weighted by atomic mass is 15.1. The van der Waals surface area contributed by atoms with Gasteiger partial charge in [0.25, 0.3) is 0 Å². The van der Waals surface area contributed by atoms with Crippen LogP contribution in [0.2, 0.25) is 0 Å². The van der Waals surface area contributed by atoms with E-state index < -0.39 is 10.8 Å². The average molecular weight is 861 g/mol. The molecule has 3 aliphatic carbocycles. The number of para-hydroxylation sites is 2. The van der Waals surface area contributed by atoms with E-state index in [0.29, 0.717) is 0 Å². The maximum Gasteiger partial charge on any atom is 0.0754 e. The van der Waals surface area contributed by atoms with Crippen molar-refractivity contribution in [3.8, 4) is 39.1 Å². The topological polar surface area (TPSA) is 8.17 Å². The molecule has 0 amide bonds. The van der Waals surface area contributed by atoms with Gasteiger partial charge in [-0.1, -0.05) is 206 Å². The molecule has 2 heterocycles. The molecule has 0 bridgehead atoms. The zero-order chi connectivity index (χ0) is 44.3. The Hall–Kier alpha value is -8.72. The van der Waals surface area contributed by atoms with E-state index in [-0.39, 0.29) is 0 Å². The molecule has 314 valence electrons. The molecule has 68 heavy (non-hydrogen) atoms. The van der Waals surface area contributed by atoms with Crippen molar-refractivity contribution in [2.45, 2.75) is 10.8 Å². The van der Waals surface area contributed by atoms with Crippen LogP contribution >= 0.6 is 0 Å². The molecule has 16 rings (SSSR count). The lowest BCUT2D eigenvalue weighted by molar-refractivity contribution is 0.748. The Morgan fingerprint density at radius 3 is 1.44 bits per heavy atom. The van der Waals surface area contributed by atoms with Crippen LogP contribution in [0.3, 0.4) is 0 Å². The minimum atomic E-state index is -0.461. The van der Waals surface area contributed by atoms with Gasteiger partial charge < -0.3 is 9.47 Å². The fraction of sp³-hybridized carbons (Fsp3) is 0.0303. The van der Waals surface area contributed by atoms with E-state index in [4.69, 9.17) is 0 Å². The van der Waals surface area contributed by atoms with Gasteiger partial charge >= 0.3 is 0 Å². The monoisotopic (exact) mass is 860 g/mol. The maximum absolute atomic E-state index is 2.56. The van der Waals surface area contributed by atoms with Crippen molar-refractivity contribution < 1.29 is 0 Å². The second-order valence-corrected chi connectivity index (χ2v) is 19.0. The van der Waals surface area contributed by atoms with Crippen molar-refractivity contribution in [1.29, 1.82) is 0 Å². The van der Waals surface area contributed by atoms with Crippen LogP contribution < -0.4 is 4.90 Å². The molecule has 11 aromatic carbocycles. The summed E-state index contributed by atoms with van der Waals surface area (Å²) in [6, 6.07) is 91.7. The minimum absolute atomic E-state index is 0.455. The first kappa shape index (κ1) is 36.5. The molecule has 2 heteroatoms. The Kier molecular flexibility index (Phi) is 6.98. The van der Waals surface area contributed by atoms with E-state index in [1.807, 2.05) is 0 Å². The van der Waals surface area contributed by atoms with Crippen LogP contribution in [-0.2, 0) is 10.8 Å². The molecule has 0 N–H and O–H groups in total. The van der Waals surface area contributed by atoms with Crippen molar-refractivity contribution in [3.63, 3.8) is 0 Å². The van der Waals surface area contributed by atoms with Crippen molar-refractivity contribution in [2.24, 2.45) is 0 Å². The van der Waals surface area contributed by atoms with E-state index in [2.05, 4.69) is 252 Å². The second-order valence-electron chi connectivity index (χ2n) is 19.0. The molecule has 1 aliphatic heterocycles. The highest BCUT2D eigenvalue weighted by Gasteiger charge is 2.53. The van der Waals surface area contributed by atoms with Crippen LogP contribution in [-0.4, -0.2) is 4.57 Å². The predicted octanol–water partition coefficient (Wildman–Crippen LogP) is 16.4. The molecular weight excluding hydrogens is 821 g/mol. The van der Waals surface area contributed by atoms with Crippen LogP contribution in [0.25, 0.3) is 71.6 Å². The normalized spacial score (nSPS) is 14.4. The largest absolute Gasteiger partial charge is 0.309 e. The molecule has 0 saturated heterocycles. The first-order valence-electron chi connectivity index (χ1n) is 23.9. The number of fused-ring (bicyclic) bond motifs is 23. The van der Waals surface area contributed by atoms with Gasteiger partial charge in [0.2, 0.25) is 0 Å². The summed E-state index contributed by atoms with van der Waals surface area (Å²) in [4.78, 5) is 2.56. The Morgan fingerprint density at radius 2 is 0.765 bits per heavy atom. The lowest BCUT2D eigenvalue weighted by Gasteiger charge is -2.39. The summed E-state index contributed by atoms with van der Waals surface area (Å²) < 4.78 is 2.56. The van der Waals surface area contributed by atoms with E-state index in [0.717, 1.165) is 11.4 Å². The standard InChI is InChI=1S/C66H40N2/c1-2-20-43-41(18-1)19-15-36-59(43)67(62-37-17-33-57-63(62)49-25-7-12-31-55(49)65(57)51-27-8-3-21-44(51)45-22-4-9-28-52(45)65)42-38-39-60-50(40-42)48-26-16-34-58-64(48)68(60)61-35-14-13-32-56(61)66(58)53-29-10-5-23-46(53)47-24-6-11-30-54(47)66/h1-40H. The van der Waals surface area contributed by atoms with Gasteiger partial charge in [-0.2, -0.15) is 0 Å². The lowest BCUT2D eigenvalue weighted by Crippen LogP contribution is -2.33. The van der Waals surface area contributed by atoms with Gasteiger partial charge in [0.1, 0.15) is 0 Å². The maximum atomic E-state index is 2.56. The average Bonchev–Trinajstić information content (AvgIpc) is 4.10. The first-order chi connectivity index (χ1) is 33.8. The van der Waals surface area contributed by atoms with Crippen LogP contribution in [0.4, 0.5) is 17.1 Å². The summed E-state index contributed by atoms with van der Waals surface area (Å²) >= 11 is 0. The van der Waals surface area contributed by atoms with Crippen molar-refractivity contribution in [3.05, 3.63) is 287 Å². The number of nitrogens with zero attached hydrogens (tertiary/aromatic N) is 2. The van der Waals surface area contributed by atoms with E-state index in [1.165, 1.54) is 122 Å². The third kappa shape index (κ3) is 4.22. The molecular formula is C66H40N2. The SMILES string of the molecule is c1ccc2c(c1)-c1ccccc1C21c2ccccc2-c2c(N(c3ccc4c(c3)c3cccc5c3n4-c3ccccc3C53c4ccccc4-c4ccccc43)c3cccc4ccccc34)cccc21. The summed E-state index contributed by atoms with van der Waals surface area (Å²) in [7, 11) is 0. The zero-order valence-corrected chi connectivity index (χ0v) is 37.0. The summed E-state index contributed by atoms with van der Waals surface area (Å²) in [6.07, 6.45) is 0. The second kappa shape index (κ2) is 13.0. The molecule has 2 spiro atoms. The molecule has 0 saturated carbocycles. The highest BCUT2D eigenvalue weighted by Crippen LogP contribution is 2.65. The van der Waals surface area contributed by atoms with Gasteiger partial charge in [-0.15, -0.1) is 0 Å². The fourth-order valence-corrected chi connectivity index (χ4v) is 13.8. The molecule has 0 fully saturated rings. The van der Waals surface area contributed by atoms with E-state index >= 15 is 0 Å². The number of aromatic nitrogens is 1. The molecule has 0 atom stereocenters. The third-order valence-corrected chi connectivity index (χ3v) is 16.2. The summed E-state index contributed by atoms with van der Waals surface area (Å²) in [5.74, 6) is 0. The zero-order valence-electron chi connectivity index (χ0n) is 37.0. The van der Waals surface area contributed by atoms with Gasteiger partial charge in [0.05, 0.1) is 38.9 Å².